The van der Waals surface area contributed by atoms with E-state index >= 15 is 0 Å². The molecule has 0 bridgehead atoms. The van der Waals surface area contributed by atoms with Crippen molar-refractivity contribution in [1.29, 1.82) is 0 Å². The molecular formula is C22H19NSe. The number of benzene rings is 3. The number of aryl methyl sites for hydroxylation is 2. The van der Waals surface area contributed by atoms with Crippen LogP contribution in [-0.4, -0.2) is 19.5 Å². The molecule has 118 valence electrons. The van der Waals surface area contributed by atoms with Gasteiger partial charge in [-0.3, -0.25) is 0 Å². The van der Waals surface area contributed by atoms with Gasteiger partial charge in [-0.15, -0.1) is 0 Å². The molecule has 0 aliphatic heterocycles. The summed E-state index contributed by atoms with van der Waals surface area (Å²) in [5.74, 6) is 0. The molecule has 4 aromatic rings. The average molecular weight is 376 g/mol. The summed E-state index contributed by atoms with van der Waals surface area (Å²) >= 11 is 0.278. The normalized spacial score (nSPS) is 11.1. The van der Waals surface area contributed by atoms with Crippen LogP contribution in [0.5, 0.6) is 0 Å². The van der Waals surface area contributed by atoms with Gasteiger partial charge in [-0.25, -0.2) is 0 Å². The third kappa shape index (κ3) is 2.69. The van der Waals surface area contributed by atoms with Crippen molar-refractivity contribution in [1.82, 2.24) is 4.57 Å². The second kappa shape index (κ2) is 6.31. The predicted octanol–water partition coefficient (Wildman–Crippen LogP) is 3.81. The molecule has 3 aromatic carbocycles. The molecular weight excluding hydrogens is 357 g/mol. The molecule has 24 heavy (non-hydrogen) atoms. The Kier molecular flexibility index (Phi) is 4.01. The molecule has 4 rings (SSSR count). The molecule has 0 saturated carbocycles. The third-order valence-electron chi connectivity index (χ3n) is 4.35. The van der Waals surface area contributed by atoms with E-state index in [0.29, 0.717) is 0 Å². The van der Waals surface area contributed by atoms with Gasteiger partial charge in [0.15, 0.2) is 0 Å². The van der Waals surface area contributed by atoms with E-state index in [1.165, 1.54) is 36.6 Å². The SMILES string of the molecule is Cc1ccc([Se]c2c(-c3ccccc3)n(C)c3ccccc23)cc1. The monoisotopic (exact) mass is 377 g/mol. The van der Waals surface area contributed by atoms with Crippen LogP contribution in [0, 0.1) is 6.92 Å². The first kappa shape index (κ1) is 15.3. The Morgan fingerprint density at radius 2 is 1.42 bits per heavy atom. The van der Waals surface area contributed by atoms with E-state index in [9.17, 15) is 0 Å². The summed E-state index contributed by atoms with van der Waals surface area (Å²) in [5, 5.41) is 1.37. The molecule has 1 aromatic heterocycles. The van der Waals surface area contributed by atoms with Gasteiger partial charge in [0.1, 0.15) is 0 Å². The predicted molar refractivity (Wildman–Crippen MR) is 105 cm³/mol. The first-order chi connectivity index (χ1) is 11.7. The summed E-state index contributed by atoms with van der Waals surface area (Å²) in [6.07, 6.45) is 0. The topological polar surface area (TPSA) is 4.93 Å². The fourth-order valence-corrected chi connectivity index (χ4v) is 5.50. The van der Waals surface area contributed by atoms with E-state index < -0.39 is 0 Å². The Bertz CT molecular complexity index is 982. The summed E-state index contributed by atoms with van der Waals surface area (Å²) < 4.78 is 5.23. The van der Waals surface area contributed by atoms with E-state index in [1.54, 1.807) is 0 Å². The molecule has 1 nitrogen and oxygen atoms in total. The maximum absolute atomic E-state index is 2.34. The number of rotatable bonds is 3. The fourth-order valence-electron chi connectivity index (χ4n) is 3.11. The standard InChI is InChI=1S/C22H19NSe/c1-16-12-14-18(15-13-16)24-22-19-10-6-7-11-20(19)23(2)21(22)17-8-4-3-5-9-17/h3-15H,1-2H3. The van der Waals surface area contributed by atoms with Gasteiger partial charge in [-0.2, -0.15) is 0 Å². The quantitative estimate of drug-likeness (QED) is 0.479. The van der Waals surface area contributed by atoms with Crippen LogP contribution in [0.4, 0.5) is 0 Å². The zero-order chi connectivity index (χ0) is 16.5. The van der Waals surface area contributed by atoms with E-state index in [-0.39, 0.29) is 15.0 Å². The fraction of sp³-hybridized carbons (Fsp3) is 0.0909. The van der Waals surface area contributed by atoms with Crippen molar-refractivity contribution in [2.75, 3.05) is 0 Å². The van der Waals surface area contributed by atoms with Crippen LogP contribution >= 0.6 is 0 Å². The van der Waals surface area contributed by atoms with Crippen molar-refractivity contribution in [2.24, 2.45) is 7.05 Å². The van der Waals surface area contributed by atoms with Gasteiger partial charge in [-0.05, 0) is 0 Å². The Morgan fingerprint density at radius 3 is 2.17 bits per heavy atom. The zero-order valence-electron chi connectivity index (χ0n) is 13.9. The van der Waals surface area contributed by atoms with Gasteiger partial charge in [0.05, 0.1) is 0 Å². The van der Waals surface area contributed by atoms with Crippen molar-refractivity contribution >= 4 is 34.8 Å². The molecule has 1 heterocycles. The zero-order valence-corrected chi connectivity index (χ0v) is 15.6. The summed E-state index contributed by atoms with van der Waals surface area (Å²) in [6, 6.07) is 28.5. The summed E-state index contributed by atoms with van der Waals surface area (Å²) in [6.45, 7) is 2.14. The molecule has 0 N–H and O–H groups in total. The number of aromatic nitrogens is 1. The molecule has 0 aliphatic carbocycles. The van der Waals surface area contributed by atoms with Crippen molar-refractivity contribution in [2.45, 2.75) is 6.92 Å². The Morgan fingerprint density at radius 1 is 0.750 bits per heavy atom. The molecule has 0 amide bonds. The first-order valence-corrected chi connectivity index (χ1v) is 9.83. The van der Waals surface area contributed by atoms with Gasteiger partial charge >= 0.3 is 149 Å². The van der Waals surface area contributed by atoms with Crippen LogP contribution < -0.4 is 8.92 Å². The van der Waals surface area contributed by atoms with Crippen LogP contribution in [0.3, 0.4) is 0 Å². The van der Waals surface area contributed by atoms with Crippen molar-refractivity contribution in [3.8, 4) is 11.3 Å². The van der Waals surface area contributed by atoms with Crippen LogP contribution in [0.15, 0.2) is 78.9 Å². The molecule has 0 aliphatic rings. The van der Waals surface area contributed by atoms with Gasteiger partial charge in [-0.1, -0.05) is 0 Å². The van der Waals surface area contributed by atoms with Gasteiger partial charge in [0, 0.05) is 0 Å². The molecule has 0 fully saturated rings. The van der Waals surface area contributed by atoms with Gasteiger partial charge < -0.3 is 0 Å². The van der Waals surface area contributed by atoms with E-state index in [4.69, 9.17) is 0 Å². The molecule has 0 atom stereocenters. The van der Waals surface area contributed by atoms with Crippen molar-refractivity contribution in [3.05, 3.63) is 84.4 Å². The number of hydrogen-bond acceptors (Lipinski definition) is 0. The second-order valence-corrected chi connectivity index (χ2v) is 8.31. The van der Waals surface area contributed by atoms with Gasteiger partial charge in [0.2, 0.25) is 0 Å². The van der Waals surface area contributed by atoms with E-state index in [0.717, 1.165) is 0 Å². The number of para-hydroxylation sites is 1. The summed E-state index contributed by atoms with van der Waals surface area (Å²) in [4.78, 5) is 0. The summed E-state index contributed by atoms with van der Waals surface area (Å²) in [5.41, 5.74) is 5.26. The minimum atomic E-state index is 0.278. The minimum absolute atomic E-state index is 0.278. The van der Waals surface area contributed by atoms with Crippen LogP contribution in [-0.2, 0) is 7.05 Å². The molecule has 0 spiro atoms. The van der Waals surface area contributed by atoms with Crippen LogP contribution in [0.1, 0.15) is 5.56 Å². The number of fused-ring (bicyclic) bond motifs is 1. The van der Waals surface area contributed by atoms with Crippen molar-refractivity contribution in [3.63, 3.8) is 0 Å². The second-order valence-electron chi connectivity index (χ2n) is 6.04. The van der Waals surface area contributed by atoms with Crippen molar-refractivity contribution < 1.29 is 0 Å². The molecule has 0 saturated heterocycles. The molecule has 2 heteroatoms. The van der Waals surface area contributed by atoms with Crippen LogP contribution in [0.2, 0.25) is 0 Å². The first-order valence-electron chi connectivity index (χ1n) is 8.11. The Hall–Kier alpha value is -2.28. The van der Waals surface area contributed by atoms with Gasteiger partial charge in [0.25, 0.3) is 0 Å². The average Bonchev–Trinajstić information content (AvgIpc) is 2.90. The maximum atomic E-state index is 2.34. The molecule has 0 radical (unpaired) electrons. The van der Waals surface area contributed by atoms with E-state index in [2.05, 4.69) is 97.4 Å². The number of hydrogen-bond donors (Lipinski definition) is 0. The Balaban J connectivity index is 1.93. The summed E-state index contributed by atoms with van der Waals surface area (Å²) in [7, 11) is 2.18. The molecule has 0 unspecified atom stereocenters. The third-order valence-corrected chi connectivity index (χ3v) is 6.71. The van der Waals surface area contributed by atoms with E-state index in [1.807, 2.05) is 0 Å². The van der Waals surface area contributed by atoms with Crippen LogP contribution in [0.25, 0.3) is 22.2 Å². The Labute approximate surface area is 149 Å². The number of nitrogens with zero attached hydrogens (tertiary/aromatic N) is 1.